The highest BCUT2D eigenvalue weighted by Gasteiger charge is 2.66. The van der Waals surface area contributed by atoms with Crippen molar-refractivity contribution in [2.75, 3.05) is 6.61 Å². The molecule has 0 amide bonds. The van der Waals surface area contributed by atoms with E-state index in [0.717, 1.165) is 42.4 Å². The average molecular weight is 425 g/mol. The van der Waals surface area contributed by atoms with Crippen molar-refractivity contribution in [2.45, 2.75) is 78.2 Å². The summed E-state index contributed by atoms with van der Waals surface area (Å²) in [4.78, 5) is 38.9. The Morgan fingerprint density at radius 1 is 1.16 bits per heavy atom. The van der Waals surface area contributed by atoms with Crippen LogP contribution in [-0.2, 0) is 19.1 Å². The molecule has 1 N–H and O–H groups in total. The first-order chi connectivity index (χ1) is 14.7. The van der Waals surface area contributed by atoms with E-state index in [-0.39, 0.29) is 17.0 Å². The molecule has 0 aromatic rings. The van der Waals surface area contributed by atoms with Crippen molar-refractivity contribution < 1.29 is 24.2 Å². The minimum atomic E-state index is -1.10. The van der Waals surface area contributed by atoms with Crippen LogP contribution in [0.1, 0.15) is 72.1 Å². The molecular weight excluding hydrogens is 392 g/mol. The maximum Gasteiger partial charge on any atom is 0.316 e. The molecule has 0 aliphatic heterocycles. The number of carbonyl (C=O) groups excluding carboxylic acids is 3. The predicted octanol–water partition coefficient (Wildman–Crippen LogP) is 4.00. The Hall–Kier alpha value is -2.01. The third kappa shape index (κ3) is 2.50. The second kappa shape index (κ2) is 6.74. The summed E-state index contributed by atoms with van der Waals surface area (Å²) in [6.07, 6.45) is 8.18. The van der Waals surface area contributed by atoms with Gasteiger partial charge in [0, 0.05) is 18.3 Å². The zero-order valence-electron chi connectivity index (χ0n) is 18.8. The van der Waals surface area contributed by atoms with E-state index in [9.17, 15) is 19.5 Å². The Morgan fingerprint density at radius 3 is 2.68 bits per heavy atom. The average Bonchev–Trinajstić information content (AvgIpc) is 3.18. The van der Waals surface area contributed by atoms with Gasteiger partial charge in [-0.25, -0.2) is 0 Å². The maximum absolute atomic E-state index is 13.3. The summed E-state index contributed by atoms with van der Waals surface area (Å²) in [5.41, 5.74) is 2.51. The molecule has 0 aromatic carbocycles. The van der Waals surface area contributed by atoms with Gasteiger partial charge in [-0.2, -0.15) is 0 Å². The molecule has 1 unspecified atom stereocenters. The summed E-state index contributed by atoms with van der Waals surface area (Å²) >= 11 is 0. The van der Waals surface area contributed by atoms with Gasteiger partial charge in [-0.15, -0.1) is 0 Å². The Morgan fingerprint density at radius 2 is 1.94 bits per heavy atom. The minimum Gasteiger partial charge on any atom is -0.465 e. The van der Waals surface area contributed by atoms with Crippen LogP contribution in [-0.4, -0.2) is 35.4 Å². The second-order valence-electron chi connectivity index (χ2n) is 10.6. The third-order valence-electron chi connectivity index (χ3n) is 9.13. The smallest absolute Gasteiger partial charge is 0.316 e. The van der Waals surface area contributed by atoms with Crippen LogP contribution >= 0.6 is 0 Å². The van der Waals surface area contributed by atoms with E-state index in [2.05, 4.69) is 19.9 Å². The van der Waals surface area contributed by atoms with Gasteiger partial charge >= 0.3 is 5.97 Å². The molecule has 0 saturated heterocycles. The Kier molecular flexibility index (Phi) is 4.54. The largest absolute Gasteiger partial charge is 0.465 e. The number of aliphatic hydroxyl groups is 1. The van der Waals surface area contributed by atoms with Gasteiger partial charge in [-0.05, 0) is 66.7 Å². The number of carbonyl (C=O) groups is 3. The molecule has 5 aliphatic carbocycles. The quantitative estimate of drug-likeness (QED) is 0.693. The molecule has 0 bridgehead atoms. The summed E-state index contributed by atoms with van der Waals surface area (Å²) in [7, 11) is 0. The zero-order valence-corrected chi connectivity index (χ0v) is 18.8. The van der Waals surface area contributed by atoms with Gasteiger partial charge in [-0.3, -0.25) is 14.4 Å². The molecule has 0 radical (unpaired) electrons. The topological polar surface area (TPSA) is 80.7 Å². The number of esters is 1. The number of hydrogen-bond acceptors (Lipinski definition) is 5. The van der Waals surface area contributed by atoms with Crippen LogP contribution in [0.5, 0.6) is 0 Å². The summed E-state index contributed by atoms with van der Waals surface area (Å²) in [6, 6.07) is 0. The van der Waals surface area contributed by atoms with Gasteiger partial charge in [0.2, 0.25) is 0 Å². The molecule has 5 heteroatoms. The van der Waals surface area contributed by atoms with Crippen LogP contribution in [0.4, 0.5) is 0 Å². The van der Waals surface area contributed by atoms with E-state index < -0.39 is 28.8 Å². The third-order valence-corrected chi connectivity index (χ3v) is 9.13. The zero-order chi connectivity index (χ0) is 22.2. The monoisotopic (exact) mass is 424 g/mol. The van der Waals surface area contributed by atoms with Crippen molar-refractivity contribution in [3.8, 4) is 0 Å². The normalized spacial score (nSPS) is 41.2. The van der Waals surface area contributed by atoms with E-state index in [0.29, 0.717) is 37.9 Å². The summed E-state index contributed by atoms with van der Waals surface area (Å²) in [5.74, 6) is -1.03. The van der Waals surface area contributed by atoms with Crippen LogP contribution in [0, 0.1) is 22.2 Å². The minimum absolute atomic E-state index is 0.00200. The van der Waals surface area contributed by atoms with Crippen molar-refractivity contribution >= 4 is 17.5 Å². The number of hydrogen-bond donors (Lipinski definition) is 1. The molecule has 1 spiro atoms. The van der Waals surface area contributed by atoms with Gasteiger partial charge in [0.1, 0.15) is 11.7 Å². The van der Waals surface area contributed by atoms with E-state index in [1.54, 1.807) is 6.08 Å². The Bertz CT molecular complexity index is 984. The molecule has 166 valence electrons. The molecule has 5 rings (SSSR count). The highest BCUT2D eigenvalue weighted by Crippen LogP contribution is 2.70. The number of aliphatic hydroxyl groups excluding tert-OH is 1. The van der Waals surface area contributed by atoms with Crippen molar-refractivity contribution in [3.63, 3.8) is 0 Å². The first kappa shape index (κ1) is 20.9. The van der Waals surface area contributed by atoms with Gasteiger partial charge in [0.25, 0.3) is 0 Å². The molecule has 5 aliphatic rings. The number of rotatable bonds is 3. The molecule has 1 saturated carbocycles. The van der Waals surface area contributed by atoms with Crippen molar-refractivity contribution in [3.05, 3.63) is 34.4 Å². The number of allylic oxidation sites excluding steroid dienone is 4. The van der Waals surface area contributed by atoms with Gasteiger partial charge in [0.05, 0.1) is 18.1 Å². The van der Waals surface area contributed by atoms with E-state index in [1.807, 2.05) is 6.92 Å². The van der Waals surface area contributed by atoms with Crippen molar-refractivity contribution in [1.82, 2.24) is 0 Å². The lowest BCUT2D eigenvalue weighted by atomic mass is 9.50. The van der Waals surface area contributed by atoms with E-state index in [1.165, 1.54) is 0 Å². The van der Waals surface area contributed by atoms with Crippen LogP contribution in [0.2, 0.25) is 0 Å². The fourth-order valence-electron chi connectivity index (χ4n) is 7.40. The maximum atomic E-state index is 13.3. The summed E-state index contributed by atoms with van der Waals surface area (Å²) in [5, 5.41) is 11.5. The lowest BCUT2D eigenvalue weighted by Gasteiger charge is -2.53. The molecule has 31 heavy (non-hydrogen) atoms. The standard InChI is InChI=1S/C26H32O5/c1-4-13-31-23(30)21-20-16(25(3)11-5-15(27)14-18(25)22(21)29)7-12-26-17(20)6-9-24(26,2)10-8-19(26)28/h6,14,21-22,29H,4-5,7-13H2,1-3H3/t21-,22-,24-,25?,26+/m0/s1. The molecule has 5 nitrogen and oxygen atoms in total. The predicted molar refractivity (Wildman–Crippen MR) is 115 cm³/mol. The number of fused-ring (bicyclic) bond motifs is 3. The van der Waals surface area contributed by atoms with Crippen LogP contribution < -0.4 is 0 Å². The summed E-state index contributed by atoms with van der Waals surface area (Å²) < 4.78 is 5.54. The van der Waals surface area contributed by atoms with Crippen LogP contribution in [0.3, 0.4) is 0 Å². The van der Waals surface area contributed by atoms with E-state index >= 15 is 0 Å². The number of Topliss-reactive ketones (excluding diaryl/α,β-unsaturated/α-hetero) is 1. The lowest BCUT2D eigenvalue weighted by molar-refractivity contribution is -0.151. The van der Waals surface area contributed by atoms with Gasteiger partial charge < -0.3 is 9.84 Å². The summed E-state index contributed by atoms with van der Waals surface area (Å²) in [6.45, 7) is 6.54. The van der Waals surface area contributed by atoms with Crippen LogP contribution in [0.25, 0.3) is 0 Å². The first-order valence-electron chi connectivity index (χ1n) is 11.8. The highest BCUT2D eigenvalue weighted by atomic mass is 16.5. The highest BCUT2D eigenvalue weighted by molar-refractivity contribution is 5.96. The molecule has 0 heterocycles. The van der Waals surface area contributed by atoms with Crippen molar-refractivity contribution in [1.29, 1.82) is 0 Å². The van der Waals surface area contributed by atoms with Crippen molar-refractivity contribution in [2.24, 2.45) is 22.2 Å². The van der Waals surface area contributed by atoms with Gasteiger partial charge in [-0.1, -0.05) is 32.4 Å². The Labute approximate surface area is 183 Å². The lowest BCUT2D eigenvalue weighted by Crippen LogP contribution is -2.51. The van der Waals surface area contributed by atoms with E-state index in [4.69, 9.17) is 4.74 Å². The number of ketones is 2. The second-order valence-corrected chi connectivity index (χ2v) is 10.6. The van der Waals surface area contributed by atoms with Gasteiger partial charge in [0.15, 0.2) is 5.78 Å². The number of ether oxygens (including phenoxy) is 1. The molecule has 5 atom stereocenters. The fraction of sp³-hybridized carbons (Fsp3) is 0.654. The molecular formula is C26H32O5. The molecule has 1 fully saturated rings. The van der Waals surface area contributed by atoms with Crippen LogP contribution in [0.15, 0.2) is 34.4 Å². The first-order valence-corrected chi connectivity index (χ1v) is 11.8. The SMILES string of the molecule is CCCOC(=O)[C@H]1C2=C(CC[C@@]34C(=O)CC[C@]3(C)CC=C24)C2(C)CCC(=O)C=C2[C@@H]1O. The Balaban J connectivity index is 1.73. The fourth-order valence-corrected chi connectivity index (χ4v) is 7.40. The molecule has 0 aromatic heterocycles.